The van der Waals surface area contributed by atoms with Crippen LogP contribution in [0, 0.1) is 15.2 Å². The van der Waals surface area contributed by atoms with E-state index in [0.717, 1.165) is 0 Å². The number of hydrazine groups is 1. The van der Waals surface area contributed by atoms with Gasteiger partial charge in [0.05, 0.1) is 0 Å². The van der Waals surface area contributed by atoms with E-state index in [1.54, 1.807) is 0 Å². The Bertz CT molecular complexity index is 259. The highest BCUT2D eigenvalue weighted by molar-refractivity contribution is 14.1. The van der Waals surface area contributed by atoms with E-state index >= 15 is 0 Å². The molecule has 1 aromatic rings. The lowest BCUT2D eigenvalue weighted by molar-refractivity contribution is 0.587. The molecule has 0 heterocycles. The maximum absolute atomic E-state index is 12.7. The Labute approximate surface area is 88.0 Å². The molecule has 2 nitrogen and oxygen atoms in total. The van der Waals surface area contributed by atoms with Gasteiger partial charge < -0.3 is 5.43 Å². The second-order valence-corrected chi connectivity index (χ2v) is 3.13. The van der Waals surface area contributed by atoms with Crippen LogP contribution in [0.4, 0.5) is 14.5 Å². The highest BCUT2D eigenvalue weighted by atomic mass is 127. The van der Waals surface area contributed by atoms with Crippen LogP contribution in [-0.4, -0.2) is 0 Å². The Balaban J connectivity index is 0.00000121. The zero-order valence-electron chi connectivity index (χ0n) is 5.77. The van der Waals surface area contributed by atoms with Gasteiger partial charge in [0.25, 0.3) is 0 Å². The van der Waals surface area contributed by atoms with Gasteiger partial charge in [-0.05, 0) is 34.7 Å². The number of nitrogen functional groups attached to an aromatic ring is 1. The van der Waals surface area contributed by atoms with Crippen LogP contribution in [0.15, 0.2) is 12.1 Å². The lowest BCUT2D eigenvalue weighted by Crippen LogP contribution is -2.10. The molecule has 0 aromatic heterocycles. The number of nitrogens with two attached hydrogens (primary N) is 1. The largest absolute Gasteiger partial charge is 0.319 e. The molecule has 3 N–H and O–H groups in total. The summed E-state index contributed by atoms with van der Waals surface area (Å²) < 4.78 is 25.9. The SMILES string of the molecule is Cl.NNc1c(F)cc(I)cc1F. The number of hydrogen-bond acceptors (Lipinski definition) is 2. The minimum absolute atomic E-state index is 0. The van der Waals surface area contributed by atoms with E-state index in [1.807, 2.05) is 28.0 Å². The molecule has 1 rings (SSSR count). The van der Waals surface area contributed by atoms with E-state index in [0.29, 0.717) is 3.57 Å². The van der Waals surface area contributed by atoms with Crippen molar-refractivity contribution in [2.24, 2.45) is 5.84 Å². The quantitative estimate of drug-likeness (QED) is 0.474. The molecule has 0 saturated carbocycles. The summed E-state index contributed by atoms with van der Waals surface area (Å²) >= 11 is 1.82. The third-order valence-electron chi connectivity index (χ3n) is 1.15. The van der Waals surface area contributed by atoms with E-state index in [-0.39, 0.29) is 18.1 Å². The van der Waals surface area contributed by atoms with Crippen molar-refractivity contribution < 1.29 is 8.78 Å². The molecule has 0 saturated heterocycles. The van der Waals surface area contributed by atoms with Crippen LogP contribution in [0.25, 0.3) is 0 Å². The first-order chi connectivity index (χ1) is 5.15. The van der Waals surface area contributed by atoms with Crippen molar-refractivity contribution in [1.29, 1.82) is 0 Å². The lowest BCUT2D eigenvalue weighted by Gasteiger charge is -2.02. The van der Waals surface area contributed by atoms with Crippen LogP contribution >= 0.6 is 35.0 Å². The molecule has 0 spiro atoms. The van der Waals surface area contributed by atoms with Gasteiger partial charge in [0.15, 0.2) is 11.6 Å². The van der Waals surface area contributed by atoms with Gasteiger partial charge in [0.2, 0.25) is 0 Å². The molecule has 0 aliphatic rings. The van der Waals surface area contributed by atoms with Crippen molar-refractivity contribution in [3.05, 3.63) is 27.3 Å². The second-order valence-electron chi connectivity index (χ2n) is 1.89. The first kappa shape index (κ1) is 11.9. The van der Waals surface area contributed by atoms with E-state index in [9.17, 15) is 8.78 Å². The van der Waals surface area contributed by atoms with Crippen LogP contribution in [0.1, 0.15) is 0 Å². The van der Waals surface area contributed by atoms with Gasteiger partial charge in [0, 0.05) is 3.57 Å². The van der Waals surface area contributed by atoms with Gasteiger partial charge in [-0.3, -0.25) is 5.84 Å². The minimum atomic E-state index is -0.683. The van der Waals surface area contributed by atoms with Gasteiger partial charge in [-0.1, -0.05) is 0 Å². The first-order valence-electron chi connectivity index (χ1n) is 2.76. The van der Waals surface area contributed by atoms with Gasteiger partial charge in [-0.25, -0.2) is 8.78 Å². The van der Waals surface area contributed by atoms with E-state index < -0.39 is 11.6 Å². The summed E-state index contributed by atoms with van der Waals surface area (Å²) in [6.07, 6.45) is 0. The van der Waals surface area contributed by atoms with Crippen molar-refractivity contribution in [2.75, 3.05) is 5.43 Å². The standard InChI is InChI=1S/C6H5F2IN2.ClH/c7-4-1-3(9)2-5(8)6(4)11-10;/h1-2,11H,10H2;1H. The van der Waals surface area contributed by atoms with Crippen molar-refractivity contribution >= 4 is 40.7 Å². The molecule has 0 unspecified atom stereocenters. The molecule has 0 fully saturated rings. The highest BCUT2D eigenvalue weighted by Gasteiger charge is 2.07. The summed E-state index contributed by atoms with van der Waals surface area (Å²) in [6, 6.07) is 2.39. The van der Waals surface area contributed by atoms with Crippen molar-refractivity contribution in [3.63, 3.8) is 0 Å². The van der Waals surface area contributed by atoms with E-state index in [4.69, 9.17) is 5.84 Å². The van der Waals surface area contributed by atoms with E-state index in [2.05, 4.69) is 0 Å². The zero-order valence-corrected chi connectivity index (χ0v) is 8.75. The molecule has 68 valence electrons. The molecule has 0 aliphatic heterocycles. The molecule has 0 bridgehead atoms. The maximum atomic E-state index is 12.7. The number of nitrogens with one attached hydrogen (secondary N) is 1. The monoisotopic (exact) mass is 306 g/mol. The summed E-state index contributed by atoms with van der Waals surface area (Å²) in [5.41, 5.74) is 1.64. The normalized spacial score (nSPS) is 9.00. The summed E-state index contributed by atoms with van der Waals surface area (Å²) in [7, 11) is 0. The van der Waals surface area contributed by atoms with Gasteiger partial charge in [-0.15, -0.1) is 12.4 Å². The second kappa shape index (κ2) is 4.78. The van der Waals surface area contributed by atoms with Crippen molar-refractivity contribution in [3.8, 4) is 0 Å². The van der Waals surface area contributed by atoms with E-state index in [1.165, 1.54) is 12.1 Å². The average molecular weight is 306 g/mol. The highest BCUT2D eigenvalue weighted by Crippen LogP contribution is 2.20. The molecule has 0 radical (unpaired) electrons. The Morgan fingerprint density at radius 1 is 1.25 bits per heavy atom. The smallest absolute Gasteiger partial charge is 0.151 e. The number of halogens is 4. The van der Waals surface area contributed by atoms with Gasteiger partial charge >= 0.3 is 0 Å². The third kappa shape index (κ3) is 2.43. The molecular formula is C6H6ClF2IN2. The molecule has 6 heteroatoms. The molecular weight excluding hydrogens is 300 g/mol. The van der Waals surface area contributed by atoms with Gasteiger partial charge in [-0.2, -0.15) is 0 Å². The van der Waals surface area contributed by atoms with Crippen LogP contribution in [0.5, 0.6) is 0 Å². The predicted molar refractivity (Wildman–Crippen MR) is 54.1 cm³/mol. The number of rotatable bonds is 1. The third-order valence-corrected chi connectivity index (χ3v) is 1.77. The minimum Gasteiger partial charge on any atom is -0.319 e. The van der Waals surface area contributed by atoms with Crippen LogP contribution in [0.3, 0.4) is 0 Å². The van der Waals surface area contributed by atoms with Crippen LogP contribution < -0.4 is 11.3 Å². The van der Waals surface area contributed by atoms with Crippen LogP contribution in [-0.2, 0) is 0 Å². The Morgan fingerprint density at radius 2 is 1.67 bits per heavy atom. The molecule has 0 atom stereocenters. The van der Waals surface area contributed by atoms with Crippen molar-refractivity contribution in [2.45, 2.75) is 0 Å². The summed E-state index contributed by atoms with van der Waals surface area (Å²) in [6.45, 7) is 0. The predicted octanol–water partition coefficient (Wildman–Crippen LogP) is 2.28. The number of hydrogen-bond donors (Lipinski definition) is 2. The Hall–Kier alpha value is -0.140. The van der Waals surface area contributed by atoms with Gasteiger partial charge in [0.1, 0.15) is 5.69 Å². The number of benzene rings is 1. The first-order valence-corrected chi connectivity index (χ1v) is 3.84. The fourth-order valence-electron chi connectivity index (χ4n) is 0.680. The molecule has 1 aromatic carbocycles. The Morgan fingerprint density at radius 3 is 2.00 bits per heavy atom. The summed E-state index contributed by atoms with van der Waals surface area (Å²) in [4.78, 5) is 0. The topological polar surface area (TPSA) is 38.0 Å². The molecule has 0 amide bonds. The summed E-state index contributed by atoms with van der Waals surface area (Å²) in [5, 5.41) is 0. The van der Waals surface area contributed by atoms with Crippen LogP contribution in [0.2, 0.25) is 0 Å². The van der Waals surface area contributed by atoms with Crippen molar-refractivity contribution in [1.82, 2.24) is 0 Å². The molecule has 0 aliphatic carbocycles. The maximum Gasteiger partial charge on any atom is 0.151 e. The lowest BCUT2D eigenvalue weighted by atomic mass is 10.3. The fraction of sp³-hybridized carbons (Fsp3) is 0. The fourth-order valence-corrected chi connectivity index (χ4v) is 1.23. The average Bonchev–Trinajstić information content (AvgIpc) is 1.85. The number of anilines is 1. The summed E-state index contributed by atoms with van der Waals surface area (Å²) in [5.74, 6) is 3.50. The zero-order chi connectivity index (χ0) is 8.43. The Kier molecular flexibility index (Phi) is 4.73. The molecule has 12 heavy (non-hydrogen) atoms.